The Morgan fingerprint density at radius 3 is 2.26 bits per heavy atom. The number of ether oxygens (including phenoxy) is 1. The number of rotatable bonds is 9. The van der Waals surface area contributed by atoms with Crippen molar-refractivity contribution in [2.45, 2.75) is 57.8 Å². The maximum atomic E-state index is 11.9. The normalized spacial score (nSPS) is 15.5. The molecule has 0 spiro atoms. The van der Waals surface area contributed by atoms with Crippen molar-refractivity contribution in [1.82, 2.24) is 5.32 Å². The molecule has 0 aliphatic rings. The lowest BCUT2D eigenvalue weighted by Crippen LogP contribution is -2.56. The Morgan fingerprint density at radius 2 is 1.84 bits per heavy atom. The van der Waals surface area contributed by atoms with Gasteiger partial charge in [0.05, 0.1) is 5.54 Å². The largest absolute Gasteiger partial charge is 0.389 e. The Bertz CT molecular complexity index is 283. The monoisotopic (exact) mass is 284 g/mol. The van der Waals surface area contributed by atoms with Crippen molar-refractivity contribution in [1.29, 1.82) is 0 Å². The first-order chi connectivity index (χ1) is 8.57. The van der Waals surface area contributed by atoms with E-state index in [0.717, 1.165) is 0 Å². The fourth-order valence-corrected chi connectivity index (χ4v) is 1.66. The molecule has 0 rings (SSSR count). The summed E-state index contributed by atoms with van der Waals surface area (Å²) < 4.78 is 40.7. The van der Waals surface area contributed by atoms with Crippen LogP contribution in [0.3, 0.4) is 0 Å². The van der Waals surface area contributed by atoms with Gasteiger partial charge in [-0.25, -0.2) is 0 Å². The first kappa shape index (κ1) is 18.2. The van der Waals surface area contributed by atoms with Gasteiger partial charge >= 0.3 is 6.18 Å². The molecule has 0 fully saturated rings. The molecule has 3 N–H and O–H groups in total. The first-order valence-electron chi connectivity index (χ1n) is 6.29. The molecule has 0 radical (unpaired) electrons. The molecule has 19 heavy (non-hydrogen) atoms. The lowest BCUT2D eigenvalue weighted by Gasteiger charge is -2.29. The fourth-order valence-electron chi connectivity index (χ4n) is 1.66. The number of nitrogens with one attached hydrogen (secondary N) is 1. The Hall–Kier alpha value is -0.820. The third-order valence-electron chi connectivity index (χ3n) is 2.65. The molecule has 1 unspecified atom stereocenters. The molecule has 0 heterocycles. The summed E-state index contributed by atoms with van der Waals surface area (Å²) in [7, 11) is 0. The fraction of sp³-hybridized carbons (Fsp3) is 0.917. The predicted molar refractivity (Wildman–Crippen MR) is 66.6 cm³/mol. The molecule has 0 aliphatic heterocycles. The maximum Gasteiger partial charge on any atom is 0.389 e. The van der Waals surface area contributed by atoms with Gasteiger partial charge in [-0.1, -0.05) is 0 Å². The van der Waals surface area contributed by atoms with Gasteiger partial charge in [0, 0.05) is 25.7 Å². The van der Waals surface area contributed by atoms with Crippen molar-refractivity contribution in [3.05, 3.63) is 0 Å². The van der Waals surface area contributed by atoms with Crippen LogP contribution in [0.1, 0.15) is 40.0 Å². The van der Waals surface area contributed by atoms with E-state index in [4.69, 9.17) is 10.5 Å². The summed E-state index contributed by atoms with van der Waals surface area (Å²) in [6, 6.07) is 0.0720. The Labute approximate surface area is 111 Å². The molecule has 0 aromatic rings. The molecule has 4 nitrogen and oxygen atoms in total. The second kappa shape index (κ2) is 7.69. The second-order valence-electron chi connectivity index (χ2n) is 5.08. The van der Waals surface area contributed by atoms with E-state index in [2.05, 4.69) is 5.32 Å². The summed E-state index contributed by atoms with van der Waals surface area (Å²) >= 11 is 0. The molecule has 0 aliphatic carbocycles. The number of halogens is 3. The summed E-state index contributed by atoms with van der Waals surface area (Å²) in [5, 5.41) is 3.04. The van der Waals surface area contributed by atoms with Crippen LogP contribution in [0.15, 0.2) is 0 Å². The minimum atomic E-state index is -4.15. The van der Waals surface area contributed by atoms with Gasteiger partial charge in [-0.05, 0) is 33.6 Å². The maximum absolute atomic E-state index is 11.9. The van der Waals surface area contributed by atoms with Crippen molar-refractivity contribution >= 4 is 5.91 Å². The molecular formula is C12H23F3N2O2. The molecule has 1 atom stereocenters. The zero-order chi connectivity index (χ0) is 15.1. The van der Waals surface area contributed by atoms with E-state index in [-0.39, 0.29) is 25.7 Å². The third kappa shape index (κ3) is 8.83. The summed E-state index contributed by atoms with van der Waals surface area (Å²) in [5.74, 6) is -0.500. The van der Waals surface area contributed by atoms with Gasteiger partial charge in [0.25, 0.3) is 0 Å². The number of hydrogen-bond donors (Lipinski definition) is 2. The van der Waals surface area contributed by atoms with Crippen LogP contribution in [-0.4, -0.2) is 36.9 Å². The van der Waals surface area contributed by atoms with E-state index in [1.54, 1.807) is 6.92 Å². The lowest BCUT2D eigenvalue weighted by molar-refractivity contribution is -0.138. The van der Waals surface area contributed by atoms with Crippen LogP contribution in [0, 0.1) is 0 Å². The van der Waals surface area contributed by atoms with Crippen molar-refractivity contribution in [2.24, 2.45) is 5.73 Å². The van der Waals surface area contributed by atoms with Crippen LogP contribution < -0.4 is 11.1 Å². The second-order valence-corrected chi connectivity index (χ2v) is 5.08. The molecule has 0 aromatic heterocycles. The average molecular weight is 284 g/mol. The summed E-state index contributed by atoms with van der Waals surface area (Å²) in [6.45, 7) is 5.64. The Morgan fingerprint density at radius 1 is 1.26 bits per heavy atom. The molecule has 0 aromatic carbocycles. The minimum Gasteiger partial charge on any atom is -0.381 e. The highest BCUT2D eigenvalue weighted by Crippen LogP contribution is 2.21. The van der Waals surface area contributed by atoms with E-state index in [1.807, 2.05) is 13.8 Å². The van der Waals surface area contributed by atoms with E-state index < -0.39 is 24.0 Å². The van der Waals surface area contributed by atoms with Gasteiger partial charge in [0.1, 0.15) is 0 Å². The van der Waals surface area contributed by atoms with Gasteiger partial charge in [0.2, 0.25) is 5.91 Å². The SMILES string of the molecule is CC(C)NC(C)(CCOCCCC(F)(F)F)C(N)=O. The van der Waals surface area contributed by atoms with Crippen molar-refractivity contribution in [3.8, 4) is 0 Å². The molecule has 0 bridgehead atoms. The molecule has 0 saturated heterocycles. The molecule has 114 valence electrons. The summed E-state index contributed by atoms with van der Waals surface area (Å²) in [5.41, 5.74) is 4.41. The summed E-state index contributed by atoms with van der Waals surface area (Å²) in [6.07, 6.45) is -4.75. The van der Waals surface area contributed by atoms with Crippen LogP contribution in [0.5, 0.6) is 0 Å². The van der Waals surface area contributed by atoms with Crippen molar-refractivity contribution in [3.63, 3.8) is 0 Å². The molecular weight excluding hydrogens is 261 g/mol. The highest BCUT2D eigenvalue weighted by atomic mass is 19.4. The number of amides is 1. The average Bonchev–Trinajstić information content (AvgIpc) is 2.20. The first-order valence-corrected chi connectivity index (χ1v) is 6.29. The van der Waals surface area contributed by atoms with Gasteiger partial charge in [-0.2, -0.15) is 13.2 Å². The van der Waals surface area contributed by atoms with E-state index in [1.165, 1.54) is 0 Å². The molecule has 1 amide bonds. The predicted octanol–water partition coefficient (Wildman–Crippen LogP) is 1.98. The smallest absolute Gasteiger partial charge is 0.381 e. The minimum absolute atomic E-state index is 0.0238. The lowest BCUT2D eigenvalue weighted by atomic mass is 9.96. The quantitative estimate of drug-likeness (QED) is 0.636. The van der Waals surface area contributed by atoms with Crippen molar-refractivity contribution in [2.75, 3.05) is 13.2 Å². The standard InChI is InChI=1S/C12H23F3N2O2/c1-9(2)17-11(3,10(16)18)6-8-19-7-4-5-12(13,14)15/h9,17H,4-8H2,1-3H3,(H2,16,18). The van der Waals surface area contributed by atoms with Crippen LogP contribution in [0.25, 0.3) is 0 Å². The number of carbonyl (C=O) groups is 1. The van der Waals surface area contributed by atoms with E-state index in [9.17, 15) is 18.0 Å². The number of alkyl halides is 3. The molecule has 0 saturated carbocycles. The van der Waals surface area contributed by atoms with E-state index in [0.29, 0.717) is 6.42 Å². The number of carbonyl (C=O) groups excluding carboxylic acids is 1. The number of primary amides is 1. The molecule has 7 heteroatoms. The summed E-state index contributed by atoms with van der Waals surface area (Å²) in [4.78, 5) is 11.4. The van der Waals surface area contributed by atoms with Gasteiger partial charge in [0.15, 0.2) is 0 Å². The van der Waals surface area contributed by atoms with Crippen LogP contribution in [-0.2, 0) is 9.53 Å². The highest BCUT2D eigenvalue weighted by molar-refractivity contribution is 5.84. The number of hydrogen-bond acceptors (Lipinski definition) is 3. The highest BCUT2D eigenvalue weighted by Gasteiger charge is 2.31. The van der Waals surface area contributed by atoms with Crippen molar-refractivity contribution < 1.29 is 22.7 Å². The van der Waals surface area contributed by atoms with E-state index >= 15 is 0 Å². The Balaban J connectivity index is 3.92. The number of nitrogens with two attached hydrogens (primary N) is 1. The van der Waals surface area contributed by atoms with Gasteiger partial charge in [-0.15, -0.1) is 0 Å². The van der Waals surface area contributed by atoms with Gasteiger partial charge < -0.3 is 15.8 Å². The van der Waals surface area contributed by atoms with Crippen LogP contribution in [0.2, 0.25) is 0 Å². The topological polar surface area (TPSA) is 64.3 Å². The zero-order valence-electron chi connectivity index (χ0n) is 11.6. The van der Waals surface area contributed by atoms with Crippen LogP contribution in [0.4, 0.5) is 13.2 Å². The Kier molecular flexibility index (Phi) is 7.36. The van der Waals surface area contributed by atoms with Crippen LogP contribution >= 0.6 is 0 Å². The zero-order valence-corrected chi connectivity index (χ0v) is 11.6. The van der Waals surface area contributed by atoms with Gasteiger partial charge in [-0.3, -0.25) is 4.79 Å². The third-order valence-corrected chi connectivity index (χ3v) is 2.65.